The van der Waals surface area contributed by atoms with Crippen molar-refractivity contribution >= 4 is 92.4 Å². The highest BCUT2D eigenvalue weighted by Crippen LogP contribution is 2.49. The zero-order valence-corrected chi connectivity index (χ0v) is 28.7. The predicted octanol–water partition coefficient (Wildman–Crippen LogP) is 14.7. The van der Waals surface area contributed by atoms with Crippen molar-refractivity contribution in [3.05, 3.63) is 176 Å². The second-order valence-electron chi connectivity index (χ2n) is 13.2. The summed E-state index contributed by atoms with van der Waals surface area (Å²) in [5, 5.41) is 6.99. The number of para-hydroxylation sites is 2. The second kappa shape index (κ2) is 11.5. The fourth-order valence-electron chi connectivity index (χ4n) is 7.89. The van der Waals surface area contributed by atoms with E-state index >= 15 is 0 Å². The summed E-state index contributed by atoms with van der Waals surface area (Å²) in [7, 11) is 0. The third kappa shape index (κ3) is 4.45. The summed E-state index contributed by atoms with van der Waals surface area (Å²) in [5.74, 6) is 0. The van der Waals surface area contributed by atoms with E-state index in [1.807, 2.05) is 29.5 Å². The van der Waals surface area contributed by atoms with Crippen LogP contribution in [0.4, 0.5) is 17.1 Å². The van der Waals surface area contributed by atoms with Crippen LogP contribution in [-0.2, 0) is 0 Å². The minimum absolute atomic E-state index is 0.871. The summed E-state index contributed by atoms with van der Waals surface area (Å²) in [6.45, 7) is 0. The van der Waals surface area contributed by atoms with Crippen LogP contribution < -0.4 is 4.90 Å². The van der Waals surface area contributed by atoms with Gasteiger partial charge in [-0.25, -0.2) is 0 Å². The smallest absolute Gasteiger partial charge is 0.137 e. The van der Waals surface area contributed by atoms with E-state index in [2.05, 4.69) is 163 Å². The lowest BCUT2D eigenvalue weighted by molar-refractivity contribution is 0.668. The highest BCUT2D eigenvalue weighted by molar-refractivity contribution is 7.27. The van der Waals surface area contributed by atoms with Gasteiger partial charge in [-0.1, -0.05) is 121 Å². The molecule has 0 atom stereocenters. The Balaban J connectivity index is 1.13. The molecule has 0 N–H and O–H groups in total. The molecule has 3 aromatic heterocycles. The van der Waals surface area contributed by atoms with Gasteiger partial charge in [0.25, 0.3) is 0 Å². The van der Waals surface area contributed by atoms with Crippen LogP contribution in [-0.4, -0.2) is 0 Å². The van der Waals surface area contributed by atoms with Crippen LogP contribution in [0.2, 0.25) is 0 Å². The number of fused-ring (bicyclic) bond motifs is 9. The fourth-order valence-corrected chi connectivity index (χ4v) is 9.23. The van der Waals surface area contributed by atoms with Gasteiger partial charge in [-0.05, 0) is 76.9 Å². The van der Waals surface area contributed by atoms with Crippen LogP contribution in [0, 0.1) is 0 Å². The molecule has 0 saturated heterocycles. The van der Waals surface area contributed by atoms with Gasteiger partial charge >= 0.3 is 0 Å². The van der Waals surface area contributed by atoms with E-state index in [-0.39, 0.29) is 0 Å². The van der Waals surface area contributed by atoms with Crippen LogP contribution in [0.25, 0.3) is 86.3 Å². The number of furan rings is 2. The number of nitrogens with zero attached hydrogens (tertiary/aromatic N) is 1. The van der Waals surface area contributed by atoms with Crippen molar-refractivity contribution in [2.24, 2.45) is 0 Å². The first kappa shape index (κ1) is 29.1. The van der Waals surface area contributed by atoms with E-state index in [1.165, 1.54) is 31.3 Å². The van der Waals surface area contributed by atoms with Crippen molar-refractivity contribution in [3.63, 3.8) is 0 Å². The molecule has 0 unspecified atom stereocenters. The summed E-state index contributed by atoms with van der Waals surface area (Å²) in [6, 6.07) is 62.5. The van der Waals surface area contributed by atoms with Crippen molar-refractivity contribution < 1.29 is 8.83 Å². The van der Waals surface area contributed by atoms with Crippen LogP contribution >= 0.6 is 11.3 Å². The first-order chi connectivity index (χ1) is 25.8. The van der Waals surface area contributed by atoms with Crippen molar-refractivity contribution in [2.45, 2.75) is 0 Å². The Kier molecular flexibility index (Phi) is 6.42. The summed E-state index contributed by atoms with van der Waals surface area (Å²) < 4.78 is 15.1. The van der Waals surface area contributed by atoms with E-state index in [4.69, 9.17) is 8.83 Å². The molecular formula is C48H29NO2S. The molecule has 11 aromatic rings. The predicted molar refractivity (Wildman–Crippen MR) is 219 cm³/mol. The van der Waals surface area contributed by atoms with Gasteiger partial charge < -0.3 is 13.7 Å². The molecule has 11 rings (SSSR count). The lowest BCUT2D eigenvalue weighted by atomic mass is 10.0. The Hall–Kier alpha value is -6.62. The molecule has 244 valence electrons. The molecular weight excluding hydrogens is 655 g/mol. The topological polar surface area (TPSA) is 29.5 Å². The average molecular weight is 684 g/mol. The Bertz CT molecular complexity index is 3130. The minimum Gasteiger partial charge on any atom is -0.456 e. The normalized spacial score (nSPS) is 11.8. The molecule has 52 heavy (non-hydrogen) atoms. The summed E-state index contributed by atoms with van der Waals surface area (Å²) in [5.41, 5.74) is 11.6. The average Bonchev–Trinajstić information content (AvgIpc) is 3.90. The highest BCUT2D eigenvalue weighted by Gasteiger charge is 2.23. The molecule has 0 saturated carbocycles. The van der Waals surface area contributed by atoms with Gasteiger partial charge in [0.05, 0.1) is 21.5 Å². The lowest BCUT2D eigenvalue weighted by Gasteiger charge is -2.27. The Morgan fingerprint density at radius 2 is 0.962 bits per heavy atom. The number of hydrogen-bond acceptors (Lipinski definition) is 4. The van der Waals surface area contributed by atoms with Gasteiger partial charge in [0.2, 0.25) is 0 Å². The maximum absolute atomic E-state index is 6.42. The van der Waals surface area contributed by atoms with E-state index < -0.39 is 0 Å². The van der Waals surface area contributed by atoms with Gasteiger partial charge in [-0.3, -0.25) is 0 Å². The maximum atomic E-state index is 6.42. The Labute approximate surface area is 303 Å². The van der Waals surface area contributed by atoms with Crippen LogP contribution in [0.15, 0.2) is 185 Å². The second-order valence-corrected chi connectivity index (χ2v) is 14.3. The van der Waals surface area contributed by atoms with Crippen molar-refractivity contribution in [2.75, 3.05) is 4.90 Å². The number of rotatable bonds is 5. The zero-order chi connectivity index (χ0) is 34.2. The van der Waals surface area contributed by atoms with Crippen molar-refractivity contribution in [3.8, 4) is 22.3 Å². The Morgan fingerprint density at radius 3 is 1.81 bits per heavy atom. The van der Waals surface area contributed by atoms with Gasteiger partial charge in [0.1, 0.15) is 22.3 Å². The highest BCUT2D eigenvalue weighted by atomic mass is 32.1. The van der Waals surface area contributed by atoms with Crippen molar-refractivity contribution in [1.29, 1.82) is 0 Å². The van der Waals surface area contributed by atoms with Gasteiger partial charge in [-0.2, -0.15) is 0 Å². The minimum atomic E-state index is 0.871. The van der Waals surface area contributed by atoms with E-state index in [0.717, 1.165) is 72.1 Å². The summed E-state index contributed by atoms with van der Waals surface area (Å²) >= 11 is 1.87. The largest absolute Gasteiger partial charge is 0.456 e. The standard InChI is InChI=1S/C48H29NO2S/c1-2-11-31(12-3-1)34-15-8-16-36-37-17-9-19-41(48(37)52-47(34)36)49(40-18-10-22-45-46(40)38-14-5-7-21-43(38)51-45)33-26-23-30(24-27-33)32-25-28-44-39(29-32)35-13-4-6-20-42(35)50-44/h1-29H. The molecule has 3 nitrogen and oxygen atoms in total. The molecule has 0 aliphatic heterocycles. The van der Waals surface area contributed by atoms with Gasteiger partial charge in [0.15, 0.2) is 0 Å². The molecule has 0 aliphatic rings. The maximum Gasteiger partial charge on any atom is 0.137 e. The SMILES string of the molecule is c1ccc(-c2cccc3c2sc2c(N(c4ccc(-c5ccc6oc7ccccc7c6c5)cc4)c4cccc5oc6ccccc6c45)cccc23)cc1. The first-order valence-corrected chi connectivity index (χ1v) is 18.3. The molecule has 0 amide bonds. The number of hydrogen-bond donors (Lipinski definition) is 0. The summed E-state index contributed by atoms with van der Waals surface area (Å²) in [6.07, 6.45) is 0. The molecule has 3 heterocycles. The molecule has 0 radical (unpaired) electrons. The first-order valence-electron chi connectivity index (χ1n) is 17.5. The third-order valence-corrected chi connectivity index (χ3v) is 11.6. The van der Waals surface area contributed by atoms with Gasteiger partial charge in [-0.15, -0.1) is 11.3 Å². The Morgan fingerprint density at radius 1 is 0.365 bits per heavy atom. The lowest BCUT2D eigenvalue weighted by Crippen LogP contribution is -2.10. The zero-order valence-electron chi connectivity index (χ0n) is 27.9. The van der Waals surface area contributed by atoms with E-state index in [1.54, 1.807) is 0 Å². The molecule has 0 aliphatic carbocycles. The van der Waals surface area contributed by atoms with Crippen LogP contribution in [0.3, 0.4) is 0 Å². The van der Waals surface area contributed by atoms with Gasteiger partial charge in [0, 0.05) is 37.3 Å². The number of thiophene rings is 1. The van der Waals surface area contributed by atoms with Crippen LogP contribution in [0.5, 0.6) is 0 Å². The fraction of sp³-hybridized carbons (Fsp3) is 0. The third-order valence-electron chi connectivity index (χ3n) is 10.3. The van der Waals surface area contributed by atoms with Crippen LogP contribution in [0.1, 0.15) is 0 Å². The monoisotopic (exact) mass is 683 g/mol. The van der Waals surface area contributed by atoms with E-state index in [0.29, 0.717) is 0 Å². The molecule has 0 bridgehead atoms. The molecule has 0 spiro atoms. The summed E-state index contributed by atoms with van der Waals surface area (Å²) in [4.78, 5) is 2.42. The number of benzene rings is 8. The number of anilines is 3. The van der Waals surface area contributed by atoms with Crippen molar-refractivity contribution in [1.82, 2.24) is 0 Å². The molecule has 8 aromatic carbocycles. The quantitative estimate of drug-likeness (QED) is 0.181. The molecule has 4 heteroatoms. The van der Waals surface area contributed by atoms with E-state index in [9.17, 15) is 0 Å². The molecule has 0 fully saturated rings.